The van der Waals surface area contributed by atoms with Gasteiger partial charge < -0.3 is 15.5 Å². The van der Waals surface area contributed by atoms with Crippen LogP contribution in [-0.2, 0) is 4.79 Å². The molecule has 0 bridgehead atoms. The van der Waals surface area contributed by atoms with Gasteiger partial charge in [0.15, 0.2) is 0 Å². The van der Waals surface area contributed by atoms with E-state index in [1.165, 1.54) is 5.69 Å². The van der Waals surface area contributed by atoms with Crippen molar-refractivity contribution < 1.29 is 4.79 Å². The van der Waals surface area contributed by atoms with Crippen molar-refractivity contribution in [1.29, 1.82) is 0 Å². The number of rotatable bonds is 7. The average molecular weight is 395 g/mol. The smallest absolute Gasteiger partial charge is 0.223 e. The van der Waals surface area contributed by atoms with Crippen LogP contribution in [0.15, 0.2) is 30.3 Å². The predicted octanol–water partition coefficient (Wildman–Crippen LogP) is 2.51. The van der Waals surface area contributed by atoms with Crippen LogP contribution in [-0.4, -0.2) is 62.7 Å². The Morgan fingerprint density at radius 1 is 1.15 bits per heavy atom. The van der Waals surface area contributed by atoms with E-state index in [-0.39, 0.29) is 24.2 Å². The fourth-order valence-electron chi connectivity index (χ4n) is 4.05. The number of carbonyl (C=O) groups excluding carboxylic acids is 1. The molecule has 2 aliphatic heterocycles. The first-order valence-electron chi connectivity index (χ1n) is 10.3. The van der Waals surface area contributed by atoms with Crippen molar-refractivity contribution in [2.75, 3.05) is 50.7 Å². The number of hydrogen-bond donors (Lipinski definition) is 2. The number of nitrogens with one attached hydrogen (secondary N) is 2. The summed E-state index contributed by atoms with van der Waals surface area (Å²) >= 11 is 0. The minimum absolute atomic E-state index is 0. The Labute approximate surface area is 170 Å². The van der Waals surface area contributed by atoms with E-state index in [9.17, 15) is 4.79 Å². The van der Waals surface area contributed by atoms with E-state index in [1.54, 1.807) is 0 Å². The largest absolute Gasteiger partial charge is 0.369 e. The van der Waals surface area contributed by atoms with Crippen LogP contribution >= 0.6 is 12.4 Å². The summed E-state index contributed by atoms with van der Waals surface area (Å²) < 4.78 is 0. The van der Waals surface area contributed by atoms with Crippen molar-refractivity contribution in [3.8, 4) is 0 Å². The molecule has 0 radical (unpaired) electrons. The average Bonchev–Trinajstić information content (AvgIpc) is 2.69. The van der Waals surface area contributed by atoms with Crippen molar-refractivity contribution in [3.63, 3.8) is 0 Å². The van der Waals surface area contributed by atoms with Gasteiger partial charge in [-0.15, -0.1) is 12.4 Å². The maximum atomic E-state index is 12.2. The molecule has 1 aromatic rings. The third-order valence-corrected chi connectivity index (χ3v) is 5.69. The van der Waals surface area contributed by atoms with Gasteiger partial charge in [-0.25, -0.2) is 0 Å². The molecule has 2 heterocycles. The second-order valence-corrected chi connectivity index (χ2v) is 7.74. The van der Waals surface area contributed by atoms with Gasteiger partial charge in [-0.1, -0.05) is 18.2 Å². The van der Waals surface area contributed by atoms with E-state index in [0.29, 0.717) is 6.04 Å². The SMILES string of the molecule is C[C@H]1C[C@@H](C(=O)NCCCCN2CCN(c3ccccc3)CC2)CCN1.Cl. The lowest BCUT2D eigenvalue weighted by atomic mass is 9.92. The number of amides is 1. The number of benzene rings is 1. The number of carbonyl (C=O) groups is 1. The van der Waals surface area contributed by atoms with E-state index < -0.39 is 0 Å². The summed E-state index contributed by atoms with van der Waals surface area (Å²) in [6.07, 6.45) is 4.18. The molecular formula is C21H35ClN4O. The van der Waals surface area contributed by atoms with Crippen molar-refractivity contribution in [1.82, 2.24) is 15.5 Å². The van der Waals surface area contributed by atoms with Gasteiger partial charge >= 0.3 is 0 Å². The van der Waals surface area contributed by atoms with Crippen LogP contribution in [0.3, 0.4) is 0 Å². The van der Waals surface area contributed by atoms with Gasteiger partial charge in [0.25, 0.3) is 0 Å². The fraction of sp³-hybridized carbons (Fsp3) is 0.667. The lowest BCUT2D eigenvalue weighted by molar-refractivity contribution is -0.126. The second kappa shape index (κ2) is 11.5. The number of hydrogen-bond acceptors (Lipinski definition) is 4. The molecule has 2 atom stereocenters. The van der Waals surface area contributed by atoms with Crippen molar-refractivity contribution in [2.24, 2.45) is 5.92 Å². The highest BCUT2D eigenvalue weighted by Gasteiger charge is 2.24. The van der Waals surface area contributed by atoms with Crippen LogP contribution < -0.4 is 15.5 Å². The van der Waals surface area contributed by atoms with Crippen LogP contribution in [0.5, 0.6) is 0 Å². The van der Waals surface area contributed by atoms with E-state index in [0.717, 1.165) is 71.5 Å². The van der Waals surface area contributed by atoms with Gasteiger partial charge in [0, 0.05) is 50.4 Å². The van der Waals surface area contributed by atoms with Crippen LogP contribution in [0, 0.1) is 5.92 Å². The van der Waals surface area contributed by atoms with Crippen molar-refractivity contribution in [3.05, 3.63) is 30.3 Å². The number of piperazine rings is 1. The van der Waals surface area contributed by atoms with Crippen LogP contribution in [0.1, 0.15) is 32.6 Å². The molecule has 2 N–H and O–H groups in total. The molecule has 0 unspecified atom stereocenters. The van der Waals surface area contributed by atoms with Crippen LogP contribution in [0.25, 0.3) is 0 Å². The first kappa shape index (κ1) is 22.0. The highest BCUT2D eigenvalue weighted by atomic mass is 35.5. The molecule has 0 aromatic heterocycles. The molecule has 0 saturated carbocycles. The standard InChI is InChI=1S/C21H34N4O.ClH/c1-18-17-19(9-11-22-18)21(26)23-10-5-6-12-24-13-15-25(16-14-24)20-7-3-2-4-8-20;/h2-4,7-8,18-19,22H,5-6,9-17H2,1H3,(H,23,26);1H/t18-,19-;/m0./s1. The summed E-state index contributed by atoms with van der Waals surface area (Å²) in [5, 5.41) is 6.55. The number of para-hydroxylation sites is 1. The van der Waals surface area contributed by atoms with E-state index >= 15 is 0 Å². The van der Waals surface area contributed by atoms with Crippen molar-refractivity contribution >= 4 is 24.0 Å². The maximum absolute atomic E-state index is 12.2. The maximum Gasteiger partial charge on any atom is 0.223 e. The molecule has 152 valence electrons. The third-order valence-electron chi connectivity index (χ3n) is 5.69. The Bertz CT molecular complexity index is 548. The van der Waals surface area contributed by atoms with E-state index in [1.807, 2.05) is 0 Å². The highest BCUT2D eigenvalue weighted by molar-refractivity contribution is 5.85. The minimum Gasteiger partial charge on any atom is -0.369 e. The first-order chi connectivity index (χ1) is 12.7. The lowest BCUT2D eigenvalue weighted by Crippen LogP contribution is -2.46. The van der Waals surface area contributed by atoms with Gasteiger partial charge in [-0.05, 0) is 57.8 Å². The fourth-order valence-corrected chi connectivity index (χ4v) is 4.05. The summed E-state index contributed by atoms with van der Waals surface area (Å²) in [6, 6.07) is 11.2. The predicted molar refractivity (Wildman–Crippen MR) is 115 cm³/mol. The van der Waals surface area contributed by atoms with Crippen LogP contribution in [0.4, 0.5) is 5.69 Å². The summed E-state index contributed by atoms with van der Waals surface area (Å²) in [5.74, 6) is 0.465. The van der Waals surface area contributed by atoms with Gasteiger partial charge in [0.05, 0.1) is 0 Å². The molecule has 1 amide bonds. The van der Waals surface area contributed by atoms with Gasteiger partial charge in [0.1, 0.15) is 0 Å². The number of anilines is 1. The molecule has 6 heteroatoms. The van der Waals surface area contributed by atoms with Crippen molar-refractivity contribution in [2.45, 2.75) is 38.6 Å². The summed E-state index contributed by atoms with van der Waals surface area (Å²) in [5.41, 5.74) is 1.34. The summed E-state index contributed by atoms with van der Waals surface area (Å²) in [6.45, 7) is 9.57. The highest BCUT2D eigenvalue weighted by Crippen LogP contribution is 2.17. The summed E-state index contributed by atoms with van der Waals surface area (Å²) in [4.78, 5) is 17.2. The van der Waals surface area contributed by atoms with Gasteiger partial charge in [-0.3, -0.25) is 9.69 Å². The third kappa shape index (κ3) is 6.98. The van der Waals surface area contributed by atoms with Crippen LogP contribution in [0.2, 0.25) is 0 Å². The minimum atomic E-state index is 0. The number of nitrogens with zero attached hydrogens (tertiary/aromatic N) is 2. The Balaban J connectivity index is 0.00000261. The Hall–Kier alpha value is -1.30. The summed E-state index contributed by atoms with van der Waals surface area (Å²) in [7, 11) is 0. The zero-order valence-electron chi connectivity index (χ0n) is 16.5. The normalized spacial score (nSPS) is 23.5. The first-order valence-corrected chi connectivity index (χ1v) is 10.3. The van der Waals surface area contributed by atoms with E-state index in [4.69, 9.17) is 0 Å². The number of unbranched alkanes of at least 4 members (excludes halogenated alkanes) is 1. The quantitative estimate of drug-likeness (QED) is 0.697. The van der Waals surface area contributed by atoms with E-state index in [2.05, 4.69) is 57.7 Å². The molecule has 1 aromatic carbocycles. The molecular weight excluding hydrogens is 360 g/mol. The molecule has 3 rings (SSSR count). The number of halogens is 1. The molecule has 5 nitrogen and oxygen atoms in total. The monoisotopic (exact) mass is 394 g/mol. The Morgan fingerprint density at radius 2 is 1.89 bits per heavy atom. The lowest BCUT2D eigenvalue weighted by Gasteiger charge is -2.36. The zero-order valence-corrected chi connectivity index (χ0v) is 17.3. The molecule has 2 saturated heterocycles. The molecule has 2 fully saturated rings. The molecule has 0 aliphatic carbocycles. The Morgan fingerprint density at radius 3 is 2.59 bits per heavy atom. The molecule has 27 heavy (non-hydrogen) atoms. The molecule has 0 spiro atoms. The zero-order chi connectivity index (χ0) is 18.2. The van der Waals surface area contributed by atoms with Gasteiger partial charge in [-0.2, -0.15) is 0 Å². The second-order valence-electron chi connectivity index (χ2n) is 7.74. The Kier molecular flexibility index (Phi) is 9.39. The van der Waals surface area contributed by atoms with Gasteiger partial charge in [0.2, 0.25) is 5.91 Å². The number of piperidine rings is 1. The topological polar surface area (TPSA) is 47.6 Å². The molecule has 2 aliphatic rings.